The average Bonchev–Trinajstić information content (AvgIpc) is 1.36. The second kappa shape index (κ2) is 3.66. The van der Waals surface area contributed by atoms with Gasteiger partial charge in [0.05, 0.1) is 0 Å². The number of carbonyl (C=O) groups excluding carboxylic acids is 2. The van der Waals surface area contributed by atoms with Crippen LogP contribution in [0.15, 0.2) is 0 Å². The molecular weight excluding hydrogens is 138 g/mol. The summed E-state index contributed by atoms with van der Waals surface area (Å²) < 4.78 is 0. The van der Waals surface area contributed by atoms with Crippen LogP contribution in [0.4, 0.5) is 0 Å². The summed E-state index contributed by atoms with van der Waals surface area (Å²) in [6.45, 7) is 0. The Kier molecular flexibility index (Phi) is 5.06. The van der Waals surface area contributed by atoms with Crippen LogP contribution in [-0.2, 0) is 27.0 Å². The molecule has 0 spiro atoms. The molecule has 0 aromatic rings. The van der Waals surface area contributed by atoms with E-state index in [0.717, 1.165) is 0 Å². The van der Waals surface area contributed by atoms with Crippen molar-refractivity contribution in [3.05, 3.63) is 0 Å². The molecule has 0 saturated carbocycles. The predicted octanol–water partition coefficient (Wildman–Crippen LogP) is -2.78. The quantitative estimate of drug-likeness (QED) is 0.369. The summed E-state index contributed by atoms with van der Waals surface area (Å²) in [5, 5.41) is 9.11. The molecule has 0 saturated heterocycles. The number of carbonyl (C=O) groups is 2. The van der Waals surface area contributed by atoms with E-state index in [1.54, 1.807) is 0 Å². The Hall–Kier alpha value is -0.528. The van der Waals surface area contributed by atoms with Crippen LogP contribution in [0.2, 0.25) is 0 Å². The van der Waals surface area contributed by atoms with Crippen molar-refractivity contribution in [1.29, 1.82) is 0 Å². The minimum absolute atomic E-state index is 0. The Morgan fingerprint density at radius 1 is 1.43 bits per heavy atom. The SMILES string of the molecule is NC(=O)C(=O)[O-].[Cr+]. The Labute approximate surface area is 50.4 Å². The molecule has 0 fully saturated rings. The monoisotopic (exact) mass is 140 g/mol. The van der Waals surface area contributed by atoms with Gasteiger partial charge in [-0.1, -0.05) is 0 Å². The van der Waals surface area contributed by atoms with Crippen LogP contribution in [0, 0.1) is 0 Å². The van der Waals surface area contributed by atoms with Crippen LogP contribution in [-0.4, -0.2) is 11.9 Å². The number of amides is 1. The zero-order valence-corrected chi connectivity index (χ0v) is 4.49. The number of primary amides is 1. The number of rotatable bonds is 0. The van der Waals surface area contributed by atoms with Crippen molar-refractivity contribution >= 4 is 11.9 Å². The Bertz CT molecular complexity index is 78.9. The normalized spacial score (nSPS) is 6.29. The fourth-order valence-corrected chi connectivity index (χ4v) is 0. The number of aliphatic carboxylic acids is 1. The summed E-state index contributed by atoms with van der Waals surface area (Å²) in [5.74, 6) is -3.29. The molecule has 0 heterocycles. The van der Waals surface area contributed by atoms with Gasteiger partial charge in [-0.25, -0.2) is 0 Å². The summed E-state index contributed by atoms with van der Waals surface area (Å²) in [6, 6.07) is 0. The van der Waals surface area contributed by atoms with Gasteiger partial charge in [0.2, 0.25) is 0 Å². The van der Waals surface area contributed by atoms with E-state index in [4.69, 9.17) is 9.90 Å². The molecule has 4 nitrogen and oxygen atoms in total. The van der Waals surface area contributed by atoms with Crippen molar-refractivity contribution in [2.45, 2.75) is 0 Å². The molecule has 0 aliphatic rings. The Morgan fingerprint density at radius 3 is 1.57 bits per heavy atom. The summed E-state index contributed by atoms with van der Waals surface area (Å²) in [7, 11) is 0. The molecule has 0 aromatic carbocycles. The topological polar surface area (TPSA) is 83.2 Å². The second-order valence-corrected chi connectivity index (χ2v) is 0.652. The number of nitrogens with two attached hydrogens (primary N) is 1. The molecule has 0 bridgehead atoms. The molecule has 0 aliphatic heterocycles. The molecule has 0 unspecified atom stereocenters. The van der Waals surface area contributed by atoms with Crippen LogP contribution in [0.25, 0.3) is 0 Å². The van der Waals surface area contributed by atoms with Gasteiger partial charge < -0.3 is 15.6 Å². The van der Waals surface area contributed by atoms with Gasteiger partial charge in [0.1, 0.15) is 5.97 Å². The Morgan fingerprint density at radius 2 is 1.57 bits per heavy atom. The second-order valence-electron chi connectivity index (χ2n) is 0.652. The van der Waals surface area contributed by atoms with E-state index in [0.29, 0.717) is 0 Å². The van der Waals surface area contributed by atoms with Crippen LogP contribution >= 0.6 is 0 Å². The summed E-state index contributed by atoms with van der Waals surface area (Å²) >= 11 is 0. The molecule has 5 heteroatoms. The van der Waals surface area contributed by atoms with Gasteiger partial charge in [0.25, 0.3) is 5.91 Å². The minimum atomic E-state index is -1.85. The fraction of sp³-hybridized carbons (Fsp3) is 0. The van der Waals surface area contributed by atoms with Gasteiger partial charge in [-0.15, -0.1) is 0 Å². The predicted molar refractivity (Wildman–Crippen MR) is 14.2 cm³/mol. The zero-order valence-electron chi connectivity index (χ0n) is 3.21. The first kappa shape index (κ1) is 9.69. The van der Waals surface area contributed by atoms with Crippen molar-refractivity contribution in [2.24, 2.45) is 5.73 Å². The molecule has 0 atom stereocenters. The fourth-order valence-electron chi connectivity index (χ4n) is 0. The molecule has 1 radical (unpaired) electrons. The summed E-state index contributed by atoms with van der Waals surface area (Å²) in [5.41, 5.74) is 4.13. The third-order valence-corrected chi connectivity index (χ3v) is 0.201. The zero-order chi connectivity index (χ0) is 5.15. The molecular formula is C2H2CrNO3. The smallest absolute Gasteiger partial charge is 0.540 e. The van der Waals surface area contributed by atoms with Crippen LogP contribution in [0.1, 0.15) is 0 Å². The number of carboxylic acid groups (broad SMARTS) is 1. The standard InChI is InChI=1S/C2H3NO3.Cr/c3-1(4)2(5)6;/h(H2,3,4)(H,5,6);/q;+1/p-1. The maximum atomic E-state index is 9.26. The Balaban J connectivity index is 0. The van der Waals surface area contributed by atoms with E-state index in [2.05, 4.69) is 5.73 Å². The third-order valence-electron chi connectivity index (χ3n) is 0.201. The van der Waals surface area contributed by atoms with Gasteiger partial charge in [-0.3, -0.25) is 4.79 Å². The molecule has 39 valence electrons. The van der Waals surface area contributed by atoms with Crippen molar-refractivity contribution in [3.8, 4) is 0 Å². The third kappa shape index (κ3) is 5.47. The number of hydrogen-bond acceptors (Lipinski definition) is 3. The summed E-state index contributed by atoms with van der Waals surface area (Å²) in [4.78, 5) is 18.4. The largest absolute Gasteiger partial charge is 1.00 e. The first-order valence-electron chi connectivity index (χ1n) is 1.15. The first-order valence-corrected chi connectivity index (χ1v) is 1.15. The molecule has 2 N–H and O–H groups in total. The molecule has 7 heavy (non-hydrogen) atoms. The van der Waals surface area contributed by atoms with Crippen LogP contribution < -0.4 is 10.8 Å². The molecule has 1 amide bonds. The molecule has 0 aromatic heterocycles. The van der Waals surface area contributed by atoms with Crippen molar-refractivity contribution in [3.63, 3.8) is 0 Å². The minimum Gasteiger partial charge on any atom is -0.540 e. The van der Waals surface area contributed by atoms with E-state index in [-0.39, 0.29) is 17.4 Å². The maximum absolute atomic E-state index is 9.26. The van der Waals surface area contributed by atoms with E-state index in [1.165, 1.54) is 0 Å². The number of hydrogen-bond donors (Lipinski definition) is 1. The van der Waals surface area contributed by atoms with E-state index < -0.39 is 11.9 Å². The van der Waals surface area contributed by atoms with Crippen molar-refractivity contribution in [1.82, 2.24) is 0 Å². The van der Waals surface area contributed by atoms with Crippen LogP contribution in [0.5, 0.6) is 0 Å². The van der Waals surface area contributed by atoms with Crippen molar-refractivity contribution < 1.29 is 32.1 Å². The maximum Gasteiger partial charge on any atom is 1.00 e. The summed E-state index contributed by atoms with van der Waals surface area (Å²) in [6.07, 6.45) is 0. The van der Waals surface area contributed by atoms with E-state index >= 15 is 0 Å². The van der Waals surface area contributed by atoms with Gasteiger partial charge in [-0.2, -0.15) is 0 Å². The van der Waals surface area contributed by atoms with Gasteiger partial charge in [-0.05, 0) is 0 Å². The van der Waals surface area contributed by atoms with Crippen LogP contribution in [0.3, 0.4) is 0 Å². The number of carboxylic acids is 1. The first-order chi connectivity index (χ1) is 2.64. The molecule has 0 aliphatic carbocycles. The molecule has 0 rings (SSSR count). The van der Waals surface area contributed by atoms with Gasteiger partial charge >= 0.3 is 17.4 Å². The van der Waals surface area contributed by atoms with E-state index in [1.807, 2.05) is 0 Å². The van der Waals surface area contributed by atoms with Crippen molar-refractivity contribution in [2.75, 3.05) is 0 Å². The van der Waals surface area contributed by atoms with Gasteiger partial charge in [0, 0.05) is 0 Å². The van der Waals surface area contributed by atoms with Gasteiger partial charge in [0.15, 0.2) is 0 Å². The van der Waals surface area contributed by atoms with E-state index in [9.17, 15) is 4.79 Å². The average molecular weight is 140 g/mol.